The molecule has 0 unspecified atom stereocenters. The molecule has 0 radical (unpaired) electrons. The minimum atomic E-state index is -3.95. The van der Waals surface area contributed by atoms with Crippen molar-refractivity contribution in [1.29, 1.82) is 0 Å². The Kier molecular flexibility index (Phi) is 2.58. The van der Waals surface area contributed by atoms with Crippen molar-refractivity contribution in [2.45, 2.75) is 5.38 Å². The van der Waals surface area contributed by atoms with Crippen molar-refractivity contribution in [1.82, 2.24) is 0 Å². The lowest BCUT2D eigenvalue weighted by atomic mass is 10.7. The van der Waals surface area contributed by atoms with Crippen molar-refractivity contribution in [3.8, 4) is 0 Å². The van der Waals surface area contributed by atoms with Gasteiger partial charge < -0.3 is 4.74 Å². The number of rotatable bonds is 2. The average Bonchev–Trinajstić information content (AvgIpc) is 1.64. The lowest BCUT2D eigenvalue weighted by molar-refractivity contribution is -0.154. The smallest absolute Gasteiger partial charge is 0.418 e. The molecule has 52 valence electrons. The van der Waals surface area contributed by atoms with Crippen LogP contribution >= 0.6 is 11.6 Å². The predicted octanol–water partition coefficient (Wildman–Crippen LogP) is 1.50. The fourth-order valence-electron chi connectivity index (χ4n) is 0.143. The lowest BCUT2D eigenvalue weighted by Crippen LogP contribution is -2.21. The first-order chi connectivity index (χ1) is 3.98. The Morgan fingerprint density at radius 3 is 2.33 bits per heavy atom. The highest BCUT2D eigenvalue weighted by Gasteiger charge is 2.37. The maximum Gasteiger partial charge on any atom is 0.418 e. The monoisotopic (exact) mass is 156 g/mol. The molecule has 0 aliphatic rings. The molecule has 0 N–H and O–H groups in total. The van der Waals surface area contributed by atoms with Gasteiger partial charge in [0.1, 0.15) is 0 Å². The molecule has 0 spiro atoms. The quantitative estimate of drug-likeness (QED) is 0.344. The molecule has 0 bridgehead atoms. The van der Waals surface area contributed by atoms with E-state index in [-0.39, 0.29) is 0 Å². The van der Waals surface area contributed by atoms with E-state index in [1.807, 2.05) is 0 Å². The summed E-state index contributed by atoms with van der Waals surface area (Å²) in [5.74, 6) is -1.82. The molecule has 0 amide bonds. The van der Waals surface area contributed by atoms with Gasteiger partial charge in [0, 0.05) is 0 Å². The largest absolute Gasteiger partial charge is 0.430 e. The molecule has 0 aliphatic carbocycles. The minimum absolute atomic E-state index is 0.582. The minimum Gasteiger partial charge on any atom is -0.430 e. The third kappa shape index (κ3) is 3.03. The molecule has 0 saturated carbocycles. The average molecular weight is 157 g/mol. The van der Waals surface area contributed by atoms with E-state index in [4.69, 9.17) is 0 Å². The number of esters is 1. The van der Waals surface area contributed by atoms with Gasteiger partial charge in [-0.05, 0) is 11.6 Å². The summed E-state index contributed by atoms with van der Waals surface area (Å²) in [6.07, 6.45) is 0.582. The normalized spacial score (nSPS) is 10.6. The molecule has 0 aromatic carbocycles. The Morgan fingerprint density at radius 1 is 1.78 bits per heavy atom. The van der Waals surface area contributed by atoms with Gasteiger partial charge in [-0.1, -0.05) is 6.58 Å². The first kappa shape index (κ1) is 8.36. The van der Waals surface area contributed by atoms with Gasteiger partial charge in [-0.2, -0.15) is 8.78 Å². The zero-order chi connectivity index (χ0) is 7.49. The van der Waals surface area contributed by atoms with Crippen molar-refractivity contribution < 1.29 is 18.3 Å². The van der Waals surface area contributed by atoms with Crippen molar-refractivity contribution in [2.75, 3.05) is 0 Å². The van der Waals surface area contributed by atoms with Crippen molar-refractivity contribution in [3.63, 3.8) is 0 Å². The molecular weight excluding hydrogens is 153 g/mol. The van der Waals surface area contributed by atoms with E-state index in [0.717, 1.165) is 0 Å². The summed E-state index contributed by atoms with van der Waals surface area (Å²) in [7, 11) is 0. The number of ether oxygens (including phenoxy) is 1. The fraction of sp³-hybridized carbons (Fsp3) is 0.250. The second kappa shape index (κ2) is 2.77. The molecule has 5 heteroatoms. The standard InChI is InChI=1S/C4H3ClF2O2/c1-2-9-3(8)4(5,6)7/h2H,1H2. The summed E-state index contributed by atoms with van der Waals surface area (Å²) < 4.78 is 26.7. The van der Waals surface area contributed by atoms with Crippen LogP contribution in [0.5, 0.6) is 0 Å². The number of hydrogen-bond donors (Lipinski definition) is 0. The third-order valence-corrected chi connectivity index (χ3v) is 0.576. The summed E-state index contributed by atoms with van der Waals surface area (Å²) in [5.41, 5.74) is 0. The van der Waals surface area contributed by atoms with E-state index in [1.54, 1.807) is 0 Å². The molecular formula is C4H3ClF2O2. The summed E-state index contributed by atoms with van der Waals surface area (Å²) in [6, 6.07) is 0. The van der Waals surface area contributed by atoms with E-state index in [0.29, 0.717) is 6.26 Å². The number of carbonyl (C=O) groups is 1. The van der Waals surface area contributed by atoms with Crippen LogP contribution < -0.4 is 0 Å². The van der Waals surface area contributed by atoms with Gasteiger partial charge in [-0.3, -0.25) is 0 Å². The van der Waals surface area contributed by atoms with E-state index in [2.05, 4.69) is 22.9 Å². The number of carbonyl (C=O) groups excluding carboxylic acids is 1. The maximum atomic E-state index is 11.5. The van der Waals surface area contributed by atoms with Crippen molar-refractivity contribution in [2.24, 2.45) is 0 Å². The van der Waals surface area contributed by atoms with Crippen LogP contribution in [0.3, 0.4) is 0 Å². The molecule has 0 heterocycles. The first-order valence-electron chi connectivity index (χ1n) is 1.87. The van der Waals surface area contributed by atoms with Crippen LogP contribution in [0.25, 0.3) is 0 Å². The molecule has 0 rings (SSSR count). The van der Waals surface area contributed by atoms with Crippen LogP contribution in [-0.2, 0) is 9.53 Å². The van der Waals surface area contributed by atoms with Gasteiger partial charge in [0.05, 0.1) is 6.26 Å². The van der Waals surface area contributed by atoms with Crippen LogP contribution in [0, 0.1) is 0 Å². The number of halogens is 3. The van der Waals surface area contributed by atoms with Gasteiger partial charge in [0.25, 0.3) is 0 Å². The van der Waals surface area contributed by atoms with Crippen molar-refractivity contribution in [3.05, 3.63) is 12.8 Å². The second-order valence-electron chi connectivity index (χ2n) is 1.07. The summed E-state index contributed by atoms with van der Waals surface area (Å²) in [5, 5.41) is -3.95. The highest BCUT2D eigenvalue weighted by Crippen LogP contribution is 2.19. The molecule has 0 saturated heterocycles. The van der Waals surface area contributed by atoms with Gasteiger partial charge in [-0.15, -0.1) is 0 Å². The van der Waals surface area contributed by atoms with E-state index < -0.39 is 11.4 Å². The highest BCUT2D eigenvalue weighted by atomic mass is 35.5. The predicted molar refractivity (Wildman–Crippen MR) is 27.1 cm³/mol. The molecule has 0 fully saturated rings. The Balaban J connectivity index is 3.88. The molecule has 0 aromatic heterocycles. The molecule has 0 aliphatic heterocycles. The van der Waals surface area contributed by atoms with Crippen LogP contribution in [0.15, 0.2) is 12.8 Å². The molecule has 2 nitrogen and oxygen atoms in total. The van der Waals surface area contributed by atoms with Gasteiger partial charge in [-0.25, -0.2) is 4.79 Å². The highest BCUT2D eigenvalue weighted by molar-refractivity contribution is 6.31. The van der Waals surface area contributed by atoms with E-state index in [9.17, 15) is 13.6 Å². The summed E-state index contributed by atoms with van der Waals surface area (Å²) in [4.78, 5) is 9.89. The fourth-order valence-corrected chi connectivity index (χ4v) is 0.187. The van der Waals surface area contributed by atoms with E-state index >= 15 is 0 Å². The van der Waals surface area contributed by atoms with Crippen LogP contribution in [-0.4, -0.2) is 11.4 Å². The first-order valence-corrected chi connectivity index (χ1v) is 2.25. The van der Waals surface area contributed by atoms with Gasteiger partial charge >= 0.3 is 11.4 Å². The lowest BCUT2D eigenvalue weighted by Gasteiger charge is -2.02. The van der Waals surface area contributed by atoms with Crippen LogP contribution in [0.2, 0.25) is 0 Å². The second-order valence-corrected chi connectivity index (χ2v) is 1.54. The third-order valence-electron chi connectivity index (χ3n) is 0.422. The zero-order valence-corrected chi connectivity index (χ0v) is 4.99. The van der Waals surface area contributed by atoms with Gasteiger partial charge in [0.15, 0.2) is 0 Å². The molecule has 0 aromatic rings. The SMILES string of the molecule is C=COC(=O)C(F)(F)Cl. The van der Waals surface area contributed by atoms with Crippen molar-refractivity contribution >= 4 is 17.6 Å². The number of alkyl halides is 3. The van der Waals surface area contributed by atoms with Crippen LogP contribution in [0.1, 0.15) is 0 Å². The number of hydrogen-bond acceptors (Lipinski definition) is 2. The maximum absolute atomic E-state index is 11.5. The molecule has 9 heavy (non-hydrogen) atoms. The van der Waals surface area contributed by atoms with Crippen LogP contribution in [0.4, 0.5) is 8.78 Å². The van der Waals surface area contributed by atoms with Gasteiger partial charge in [0.2, 0.25) is 0 Å². The topological polar surface area (TPSA) is 26.3 Å². The Labute approximate surface area is 55.1 Å². The molecule has 0 atom stereocenters. The Bertz CT molecular complexity index is 129. The zero-order valence-electron chi connectivity index (χ0n) is 4.23. The van der Waals surface area contributed by atoms with E-state index in [1.165, 1.54) is 0 Å². The Hall–Kier alpha value is -0.640. The summed E-state index contributed by atoms with van der Waals surface area (Å²) in [6.45, 7) is 2.88. The Morgan fingerprint density at radius 2 is 2.22 bits per heavy atom. The summed E-state index contributed by atoms with van der Waals surface area (Å²) >= 11 is 4.21.